The Morgan fingerprint density at radius 1 is 1.73 bits per heavy atom. The van der Waals surface area contributed by atoms with Gasteiger partial charge in [-0.3, -0.25) is 4.79 Å². The van der Waals surface area contributed by atoms with Crippen LogP contribution in [0.15, 0.2) is 18.3 Å². The van der Waals surface area contributed by atoms with Crippen LogP contribution in [0.25, 0.3) is 0 Å². The molecule has 15 heavy (non-hydrogen) atoms. The predicted octanol–water partition coefficient (Wildman–Crippen LogP) is 0.654. The summed E-state index contributed by atoms with van der Waals surface area (Å²) in [5.74, 6) is -1.06. The molecule has 0 saturated carbocycles. The number of carbonyl (C=O) groups is 1. The molecule has 0 saturated heterocycles. The van der Waals surface area contributed by atoms with Crippen molar-refractivity contribution < 1.29 is 13.9 Å². The van der Waals surface area contributed by atoms with Crippen molar-refractivity contribution in [3.8, 4) is 0 Å². The van der Waals surface area contributed by atoms with Gasteiger partial charge in [0, 0.05) is 6.20 Å². The molecule has 1 atom stereocenters. The van der Waals surface area contributed by atoms with Crippen molar-refractivity contribution in [2.45, 2.75) is 19.4 Å². The fraction of sp³-hybridized carbons (Fsp3) is 0.400. The van der Waals surface area contributed by atoms with Gasteiger partial charge < -0.3 is 10.5 Å². The molecule has 0 spiro atoms. The van der Waals surface area contributed by atoms with Gasteiger partial charge in [0.05, 0.1) is 6.61 Å². The fourth-order valence-corrected chi connectivity index (χ4v) is 1.16. The van der Waals surface area contributed by atoms with Crippen LogP contribution in [0, 0.1) is 5.95 Å². The van der Waals surface area contributed by atoms with Gasteiger partial charge in [-0.15, -0.1) is 0 Å². The number of nitrogens with zero attached hydrogens (tertiary/aromatic N) is 1. The van der Waals surface area contributed by atoms with E-state index in [1.54, 1.807) is 13.0 Å². The van der Waals surface area contributed by atoms with E-state index in [-0.39, 0.29) is 13.0 Å². The van der Waals surface area contributed by atoms with E-state index in [0.717, 1.165) is 0 Å². The van der Waals surface area contributed by atoms with Crippen LogP contribution in [0.3, 0.4) is 0 Å². The highest BCUT2D eigenvalue weighted by molar-refractivity contribution is 5.75. The summed E-state index contributed by atoms with van der Waals surface area (Å²) in [5, 5.41) is 0. The highest BCUT2D eigenvalue weighted by atomic mass is 19.1. The Labute approximate surface area is 87.3 Å². The highest BCUT2D eigenvalue weighted by Gasteiger charge is 2.15. The number of ether oxygens (including phenoxy) is 1. The molecular weight excluding hydrogens is 199 g/mol. The van der Waals surface area contributed by atoms with Crippen molar-refractivity contribution in [3.05, 3.63) is 29.8 Å². The van der Waals surface area contributed by atoms with Gasteiger partial charge in [-0.05, 0) is 31.0 Å². The van der Waals surface area contributed by atoms with Crippen LogP contribution in [0.4, 0.5) is 4.39 Å². The number of carbonyl (C=O) groups excluding carboxylic acids is 1. The van der Waals surface area contributed by atoms with Gasteiger partial charge >= 0.3 is 5.97 Å². The molecule has 1 aromatic heterocycles. The normalized spacial score (nSPS) is 12.2. The maximum absolute atomic E-state index is 12.7. The molecule has 0 radical (unpaired) electrons. The van der Waals surface area contributed by atoms with E-state index in [9.17, 15) is 9.18 Å². The van der Waals surface area contributed by atoms with Gasteiger partial charge in [0.2, 0.25) is 5.95 Å². The van der Waals surface area contributed by atoms with Gasteiger partial charge in [-0.25, -0.2) is 4.98 Å². The van der Waals surface area contributed by atoms with Crippen molar-refractivity contribution in [1.29, 1.82) is 0 Å². The number of nitrogens with two attached hydrogens (primary N) is 1. The number of rotatable bonds is 4. The van der Waals surface area contributed by atoms with Crippen molar-refractivity contribution in [1.82, 2.24) is 4.98 Å². The Balaban J connectivity index is 2.58. The monoisotopic (exact) mass is 212 g/mol. The molecule has 0 unspecified atom stereocenters. The quantitative estimate of drug-likeness (QED) is 0.588. The summed E-state index contributed by atoms with van der Waals surface area (Å²) in [6, 6.07) is 2.10. The average Bonchev–Trinajstić information content (AvgIpc) is 2.18. The lowest BCUT2D eigenvalue weighted by Gasteiger charge is -2.09. The Morgan fingerprint density at radius 3 is 3.07 bits per heavy atom. The van der Waals surface area contributed by atoms with Crippen LogP contribution in [0.5, 0.6) is 0 Å². The smallest absolute Gasteiger partial charge is 0.323 e. The van der Waals surface area contributed by atoms with Crippen molar-refractivity contribution >= 4 is 5.97 Å². The Bertz CT molecular complexity index is 344. The van der Waals surface area contributed by atoms with Gasteiger partial charge in [-0.1, -0.05) is 0 Å². The summed E-state index contributed by atoms with van der Waals surface area (Å²) in [6.07, 6.45) is 1.58. The summed E-state index contributed by atoms with van der Waals surface area (Å²) in [5.41, 5.74) is 6.20. The number of hydrogen-bond donors (Lipinski definition) is 1. The summed E-state index contributed by atoms with van der Waals surface area (Å²) in [4.78, 5) is 14.6. The minimum Gasteiger partial charge on any atom is -0.465 e. The second-order valence-electron chi connectivity index (χ2n) is 3.05. The van der Waals surface area contributed by atoms with E-state index >= 15 is 0 Å². The van der Waals surface area contributed by atoms with Crippen LogP contribution in [0.1, 0.15) is 12.5 Å². The average molecular weight is 212 g/mol. The standard InChI is InChI=1S/C10H13FN2O2/c1-2-15-10(14)8(12)5-7-3-4-13-9(11)6-7/h3-4,6,8H,2,5,12H2,1H3/t8-/m0/s1. The number of esters is 1. The minimum absolute atomic E-state index is 0.248. The zero-order valence-corrected chi connectivity index (χ0v) is 8.44. The summed E-state index contributed by atoms with van der Waals surface area (Å²) in [6.45, 7) is 1.99. The molecule has 0 aliphatic carbocycles. The number of aromatic nitrogens is 1. The Kier molecular flexibility index (Phi) is 4.17. The first kappa shape index (κ1) is 11.6. The van der Waals surface area contributed by atoms with E-state index in [4.69, 9.17) is 10.5 Å². The molecule has 0 aromatic carbocycles. The van der Waals surface area contributed by atoms with Gasteiger partial charge in [0.15, 0.2) is 0 Å². The van der Waals surface area contributed by atoms with Gasteiger partial charge in [-0.2, -0.15) is 4.39 Å². The third-order valence-corrected chi connectivity index (χ3v) is 1.84. The lowest BCUT2D eigenvalue weighted by Crippen LogP contribution is -2.34. The molecule has 0 bridgehead atoms. The zero-order chi connectivity index (χ0) is 11.3. The van der Waals surface area contributed by atoms with Crippen molar-refractivity contribution in [2.75, 3.05) is 6.61 Å². The first-order valence-electron chi connectivity index (χ1n) is 4.66. The maximum Gasteiger partial charge on any atom is 0.323 e. The predicted molar refractivity (Wildman–Crippen MR) is 52.5 cm³/mol. The molecular formula is C10H13FN2O2. The van der Waals surface area contributed by atoms with Crippen LogP contribution in [-0.2, 0) is 16.0 Å². The molecule has 2 N–H and O–H groups in total. The molecule has 1 aromatic rings. The number of halogens is 1. The SMILES string of the molecule is CCOC(=O)[C@@H](N)Cc1ccnc(F)c1. The van der Waals surface area contributed by atoms with E-state index in [1.807, 2.05) is 0 Å². The zero-order valence-electron chi connectivity index (χ0n) is 8.44. The molecule has 5 heteroatoms. The largest absolute Gasteiger partial charge is 0.465 e. The van der Waals surface area contributed by atoms with E-state index in [2.05, 4.69) is 4.98 Å². The first-order valence-corrected chi connectivity index (χ1v) is 4.66. The molecule has 0 aliphatic rings. The second kappa shape index (κ2) is 5.41. The highest BCUT2D eigenvalue weighted by Crippen LogP contribution is 2.04. The van der Waals surface area contributed by atoms with Crippen LogP contribution in [-0.4, -0.2) is 23.6 Å². The Morgan fingerprint density at radius 2 is 2.47 bits per heavy atom. The van der Waals surface area contributed by atoms with Gasteiger partial charge in [0.25, 0.3) is 0 Å². The molecule has 4 nitrogen and oxygen atoms in total. The van der Waals surface area contributed by atoms with Crippen LogP contribution in [0.2, 0.25) is 0 Å². The second-order valence-corrected chi connectivity index (χ2v) is 3.05. The first-order chi connectivity index (χ1) is 7.13. The van der Waals surface area contributed by atoms with E-state index < -0.39 is 18.0 Å². The fourth-order valence-electron chi connectivity index (χ4n) is 1.16. The maximum atomic E-state index is 12.7. The third kappa shape index (κ3) is 3.63. The molecule has 0 fully saturated rings. The molecule has 1 heterocycles. The summed E-state index contributed by atoms with van der Waals surface area (Å²) in [7, 11) is 0. The topological polar surface area (TPSA) is 65.2 Å². The van der Waals surface area contributed by atoms with E-state index in [1.165, 1.54) is 12.3 Å². The number of hydrogen-bond acceptors (Lipinski definition) is 4. The van der Waals surface area contributed by atoms with Gasteiger partial charge in [0.1, 0.15) is 6.04 Å². The lowest BCUT2D eigenvalue weighted by molar-refractivity contribution is -0.144. The molecule has 0 amide bonds. The van der Waals surface area contributed by atoms with Crippen molar-refractivity contribution in [3.63, 3.8) is 0 Å². The summed E-state index contributed by atoms with van der Waals surface area (Å²) < 4.78 is 17.4. The van der Waals surface area contributed by atoms with Crippen molar-refractivity contribution in [2.24, 2.45) is 5.73 Å². The third-order valence-electron chi connectivity index (χ3n) is 1.84. The lowest BCUT2D eigenvalue weighted by atomic mass is 10.1. The summed E-state index contributed by atoms with van der Waals surface area (Å²) >= 11 is 0. The Hall–Kier alpha value is -1.49. The molecule has 0 aliphatic heterocycles. The number of pyridine rings is 1. The minimum atomic E-state index is -0.758. The van der Waals surface area contributed by atoms with Crippen LogP contribution >= 0.6 is 0 Å². The molecule has 1 rings (SSSR count). The van der Waals surface area contributed by atoms with E-state index in [0.29, 0.717) is 5.56 Å². The van der Waals surface area contributed by atoms with Crippen LogP contribution < -0.4 is 5.73 Å². The molecule has 82 valence electrons.